The third-order valence-electron chi connectivity index (χ3n) is 0.442. The minimum atomic E-state index is 1.75. The third kappa shape index (κ3) is 0.703. The number of nitrogens with one attached hydrogen (secondary N) is 2. The molecule has 0 aliphatic carbocycles. The summed E-state index contributed by atoms with van der Waals surface area (Å²) in [5.41, 5.74) is 0. The molecule has 0 unspecified atom stereocenters. The molecule has 0 bridgehead atoms. The first kappa shape index (κ1) is 3.31. The summed E-state index contributed by atoms with van der Waals surface area (Å²) in [5.74, 6) is 0. The molecule has 1 aliphatic rings. The summed E-state index contributed by atoms with van der Waals surface area (Å²) in [4.78, 5) is 0. The number of hydrogen-bond donors (Lipinski definition) is 2. The van der Waals surface area contributed by atoms with Crippen molar-refractivity contribution in [1.29, 1.82) is 0 Å². The Labute approximate surface area is 33.5 Å². The van der Waals surface area contributed by atoms with Crippen LogP contribution in [-0.4, -0.2) is 22.2 Å². The average molecular weight is 62.5 g/mol. The quantitative estimate of drug-likeness (QED) is 0.313. The Morgan fingerprint density at radius 2 is 1.60 bits per heavy atom. The summed E-state index contributed by atoms with van der Waals surface area (Å²) < 4.78 is 0. The lowest BCUT2D eigenvalue weighted by Crippen LogP contribution is -2.18. The number of hydrogen-bond acceptors (Lipinski definition) is 2. The van der Waals surface area contributed by atoms with Gasteiger partial charge in [0.1, 0.15) is 0 Å². The lowest BCUT2D eigenvalue weighted by atomic mass is 9.59. The van der Waals surface area contributed by atoms with Gasteiger partial charge >= 0.3 is 0 Å². The average Bonchev–Trinajstić information content (AvgIpc) is 1.76. The van der Waals surface area contributed by atoms with E-state index in [0.717, 1.165) is 0 Å². The second-order valence-corrected chi connectivity index (χ2v) is 0.811. The van der Waals surface area contributed by atoms with Crippen LogP contribution in [-0.2, 0) is 0 Å². The van der Waals surface area contributed by atoms with Crippen molar-refractivity contribution in [3.63, 3.8) is 0 Å². The van der Waals surface area contributed by atoms with Gasteiger partial charge in [-0.05, 0) is 0 Å². The lowest BCUT2D eigenvalue weighted by molar-refractivity contribution is 1.51. The molecule has 0 aromatic heterocycles. The molecule has 2 N–H and O–H groups in total. The number of rotatable bonds is 0. The molecule has 0 atom stereocenters. The van der Waals surface area contributed by atoms with Gasteiger partial charge in [0.15, 0.2) is 14.6 Å². The molecule has 1 aliphatic heterocycles. The molecule has 0 saturated carbocycles. The summed E-state index contributed by atoms with van der Waals surface area (Å²) in [6.45, 7) is 0. The van der Waals surface area contributed by atoms with Crippen molar-refractivity contribution >= 4 is 22.2 Å². The molecule has 1 saturated heterocycles. The van der Waals surface area contributed by atoms with Gasteiger partial charge in [-0.3, -0.25) is 0 Å². The van der Waals surface area contributed by atoms with Crippen LogP contribution >= 0.6 is 0 Å². The molecule has 1 heterocycles. The smallest absolute Gasteiger partial charge is 0.281 e. The molecular weight excluding hydrogens is 60.4 g/mol. The van der Waals surface area contributed by atoms with E-state index in [4.69, 9.17) is 0 Å². The first-order valence-electron chi connectivity index (χ1n) is 1.49. The molecule has 5 heavy (non-hydrogen) atoms. The topological polar surface area (TPSA) is 24.1 Å². The van der Waals surface area contributed by atoms with Crippen molar-refractivity contribution in [2.75, 3.05) is 0 Å². The highest BCUT2D eigenvalue weighted by Crippen LogP contribution is 1.50. The maximum Gasteiger partial charge on any atom is 0.281 e. The zero-order valence-electron chi connectivity index (χ0n) is 2.73. The summed E-state index contributed by atoms with van der Waals surface area (Å²) in [6.07, 6.45) is 0. The molecule has 0 aromatic carbocycles. The maximum absolute atomic E-state index is 2.81. The highest BCUT2D eigenvalue weighted by molar-refractivity contribution is 7.05. The summed E-state index contributed by atoms with van der Waals surface area (Å²) in [5, 5.41) is 5.61. The molecule has 0 aromatic rings. The second kappa shape index (κ2) is 1.53. The standard InChI is InChI=1S/B3H2N2/c1-2-5-3-4-1/h4-5H. The van der Waals surface area contributed by atoms with E-state index in [1.807, 2.05) is 14.6 Å². The van der Waals surface area contributed by atoms with Crippen LogP contribution in [0.15, 0.2) is 0 Å². The Hall–Kier alpha value is 0.115. The summed E-state index contributed by atoms with van der Waals surface area (Å²) in [7, 11) is 5.39. The Morgan fingerprint density at radius 3 is 1.80 bits per heavy atom. The summed E-state index contributed by atoms with van der Waals surface area (Å²) in [6, 6.07) is 0. The fraction of sp³-hybridized carbons (Fsp3) is 0. The lowest BCUT2D eigenvalue weighted by Gasteiger charge is -1.73. The van der Waals surface area contributed by atoms with E-state index < -0.39 is 0 Å². The van der Waals surface area contributed by atoms with Crippen LogP contribution in [0.1, 0.15) is 0 Å². The van der Waals surface area contributed by atoms with Crippen LogP contribution in [0, 0.1) is 0 Å². The SMILES string of the molecule is [B]1[B]N[B]N1. The minimum Gasteiger partial charge on any atom is -0.399 e. The van der Waals surface area contributed by atoms with E-state index in [1.165, 1.54) is 0 Å². The fourth-order valence-electron chi connectivity index (χ4n) is 0.241. The largest absolute Gasteiger partial charge is 0.399 e. The van der Waals surface area contributed by atoms with Gasteiger partial charge in [-0.25, -0.2) is 0 Å². The van der Waals surface area contributed by atoms with Gasteiger partial charge in [-0.1, -0.05) is 0 Å². The van der Waals surface area contributed by atoms with E-state index in [1.54, 1.807) is 7.55 Å². The molecular formula is H2B3N2. The van der Waals surface area contributed by atoms with Crippen LogP contribution in [0.2, 0.25) is 0 Å². The fourth-order valence-corrected chi connectivity index (χ4v) is 0.241. The highest BCUT2D eigenvalue weighted by atomic mass is 14.8. The minimum absolute atomic E-state index is 1.75. The van der Waals surface area contributed by atoms with Crippen molar-refractivity contribution in [2.24, 2.45) is 0 Å². The van der Waals surface area contributed by atoms with E-state index in [9.17, 15) is 0 Å². The van der Waals surface area contributed by atoms with E-state index >= 15 is 0 Å². The molecule has 21 valence electrons. The molecule has 3 radical (unpaired) electrons. The van der Waals surface area contributed by atoms with E-state index in [2.05, 4.69) is 10.3 Å². The Balaban J connectivity index is 2.08. The van der Waals surface area contributed by atoms with Gasteiger partial charge in [0.25, 0.3) is 7.55 Å². The molecule has 5 heteroatoms. The van der Waals surface area contributed by atoms with Gasteiger partial charge in [-0.15, -0.1) is 0 Å². The monoisotopic (exact) mass is 63.0 g/mol. The van der Waals surface area contributed by atoms with Crippen molar-refractivity contribution < 1.29 is 0 Å². The predicted octanol–water partition coefficient (Wildman–Crippen LogP) is -2.13. The molecule has 0 amide bonds. The normalized spacial score (nSPS) is 19.2. The Kier molecular flexibility index (Phi) is 1.01. The molecule has 0 spiro atoms. The van der Waals surface area contributed by atoms with E-state index in [-0.39, 0.29) is 0 Å². The zero-order chi connectivity index (χ0) is 3.54. The first-order valence-corrected chi connectivity index (χ1v) is 1.49. The third-order valence-corrected chi connectivity index (χ3v) is 0.442. The van der Waals surface area contributed by atoms with Crippen LogP contribution in [0.4, 0.5) is 0 Å². The highest BCUT2D eigenvalue weighted by Gasteiger charge is 1.99. The Morgan fingerprint density at radius 1 is 1.00 bits per heavy atom. The first-order chi connectivity index (χ1) is 2.50. The van der Waals surface area contributed by atoms with Gasteiger partial charge in [0, 0.05) is 0 Å². The van der Waals surface area contributed by atoms with E-state index in [0.29, 0.717) is 0 Å². The molecule has 1 rings (SSSR count). The van der Waals surface area contributed by atoms with Crippen LogP contribution in [0.25, 0.3) is 0 Å². The van der Waals surface area contributed by atoms with Crippen molar-refractivity contribution in [1.82, 2.24) is 10.3 Å². The zero-order valence-corrected chi connectivity index (χ0v) is 2.73. The van der Waals surface area contributed by atoms with Crippen LogP contribution < -0.4 is 10.3 Å². The van der Waals surface area contributed by atoms with Crippen molar-refractivity contribution in [3.05, 3.63) is 0 Å². The summed E-state index contributed by atoms with van der Waals surface area (Å²) >= 11 is 0. The van der Waals surface area contributed by atoms with Crippen molar-refractivity contribution in [3.8, 4) is 0 Å². The van der Waals surface area contributed by atoms with Crippen LogP contribution in [0.3, 0.4) is 0 Å². The van der Waals surface area contributed by atoms with Crippen LogP contribution in [0.5, 0.6) is 0 Å². The molecule has 1 fully saturated rings. The maximum atomic E-state index is 2.81. The van der Waals surface area contributed by atoms with Gasteiger partial charge in [0.2, 0.25) is 0 Å². The predicted molar refractivity (Wildman–Crippen MR) is 23.5 cm³/mol. The second-order valence-electron chi connectivity index (χ2n) is 0.811. The van der Waals surface area contributed by atoms with Gasteiger partial charge in [0.05, 0.1) is 0 Å². The molecule has 2 nitrogen and oxygen atoms in total. The van der Waals surface area contributed by atoms with Gasteiger partial charge < -0.3 is 10.3 Å². The Bertz CT molecular complexity index is 16.5. The van der Waals surface area contributed by atoms with Crippen molar-refractivity contribution in [2.45, 2.75) is 0 Å². The van der Waals surface area contributed by atoms with Gasteiger partial charge in [-0.2, -0.15) is 0 Å².